The first-order valence-corrected chi connectivity index (χ1v) is 10.2. The van der Waals surface area contributed by atoms with Crippen molar-refractivity contribution in [2.45, 2.75) is 26.7 Å². The van der Waals surface area contributed by atoms with Gasteiger partial charge in [0.15, 0.2) is 0 Å². The minimum absolute atomic E-state index is 0.00874. The van der Waals surface area contributed by atoms with E-state index >= 15 is 0 Å². The molecule has 27 heavy (non-hydrogen) atoms. The van der Waals surface area contributed by atoms with E-state index in [1.165, 1.54) is 10.4 Å². The predicted octanol–water partition coefficient (Wildman–Crippen LogP) is 4.18. The first-order chi connectivity index (χ1) is 12.9. The number of nitrogens with zero attached hydrogens (tertiary/aromatic N) is 2. The average Bonchev–Trinajstić information content (AvgIpc) is 3.11. The highest BCUT2D eigenvalue weighted by molar-refractivity contribution is 7.12. The molecule has 2 heterocycles. The molecular weight excluding hydrogens is 356 g/mol. The highest BCUT2D eigenvalue weighted by Crippen LogP contribution is 2.18. The zero-order valence-corrected chi connectivity index (χ0v) is 17.0. The molecule has 0 bridgehead atoms. The van der Waals surface area contributed by atoms with Crippen molar-refractivity contribution in [1.29, 1.82) is 0 Å². The topological polar surface area (TPSA) is 40.6 Å². The fraction of sp³-hybridized carbons (Fsp3) is 0.364. The first-order valence-electron chi connectivity index (χ1n) is 9.36. The van der Waals surface area contributed by atoms with E-state index in [2.05, 4.69) is 20.8 Å². The van der Waals surface area contributed by atoms with Crippen LogP contribution in [0.4, 0.5) is 0 Å². The van der Waals surface area contributed by atoms with E-state index in [0.717, 1.165) is 4.88 Å². The van der Waals surface area contributed by atoms with Crippen molar-refractivity contribution < 1.29 is 9.59 Å². The van der Waals surface area contributed by atoms with Gasteiger partial charge in [-0.15, -0.1) is 11.3 Å². The summed E-state index contributed by atoms with van der Waals surface area (Å²) in [7, 11) is 0. The Morgan fingerprint density at radius 1 is 0.963 bits per heavy atom. The van der Waals surface area contributed by atoms with Crippen LogP contribution >= 0.6 is 11.3 Å². The van der Waals surface area contributed by atoms with Gasteiger partial charge in [0.1, 0.15) is 0 Å². The van der Waals surface area contributed by atoms with E-state index in [-0.39, 0.29) is 11.8 Å². The van der Waals surface area contributed by atoms with Crippen molar-refractivity contribution in [1.82, 2.24) is 9.80 Å². The lowest BCUT2D eigenvalue weighted by Crippen LogP contribution is -2.50. The Morgan fingerprint density at radius 2 is 1.59 bits per heavy atom. The largest absolute Gasteiger partial charge is 0.336 e. The van der Waals surface area contributed by atoms with E-state index in [4.69, 9.17) is 0 Å². The summed E-state index contributed by atoms with van der Waals surface area (Å²) in [6.07, 6.45) is 3.50. The zero-order valence-electron chi connectivity index (χ0n) is 16.1. The molecule has 1 aliphatic rings. The van der Waals surface area contributed by atoms with E-state index in [1.54, 1.807) is 17.4 Å². The molecule has 1 aromatic heterocycles. The Morgan fingerprint density at radius 3 is 2.15 bits per heavy atom. The molecule has 2 amide bonds. The average molecular weight is 383 g/mol. The van der Waals surface area contributed by atoms with Crippen LogP contribution < -0.4 is 0 Å². The molecule has 4 nitrogen and oxygen atoms in total. The summed E-state index contributed by atoms with van der Waals surface area (Å²) in [5, 5.41) is 0. The molecule has 1 aromatic carbocycles. The van der Waals surface area contributed by atoms with Gasteiger partial charge in [-0.1, -0.05) is 26.0 Å². The third kappa shape index (κ3) is 4.86. The van der Waals surface area contributed by atoms with Crippen LogP contribution in [0.1, 0.15) is 45.4 Å². The zero-order chi connectivity index (χ0) is 19.4. The van der Waals surface area contributed by atoms with Gasteiger partial charge in [0.2, 0.25) is 5.91 Å². The molecule has 0 saturated carbocycles. The standard InChI is InChI=1S/C22H26N2O2S/c1-16(2)18-5-7-19(8-6-18)22(26)24-14-12-23(13-15-24)21(25)11-10-20-9-4-17(3)27-20/h4-11,16H,12-15H2,1-3H3/b11-10+. The Bertz CT molecular complexity index is 828. The Hall–Kier alpha value is -2.40. The Labute approximate surface area is 165 Å². The second kappa shape index (κ2) is 8.53. The summed E-state index contributed by atoms with van der Waals surface area (Å²) < 4.78 is 0. The maximum Gasteiger partial charge on any atom is 0.253 e. The number of aryl methyl sites for hydroxylation is 1. The Balaban J connectivity index is 1.54. The molecule has 1 saturated heterocycles. The van der Waals surface area contributed by atoms with Crippen LogP contribution in [0.5, 0.6) is 0 Å². The third-order valence-electron chi connectivity index (χ3n) is 4.85. The number of rotatable bonds is 4. The number of hydrogen-bond donors (Lipinski definition) is 0. The van der Waals surface area contributed by atoms with Crippen molar-refractivity contribution in [2.75, 3.05) is 26.2 Å². The lowest BCUT2D eigenvalue weighted by atomic mass is 10.0. The number of carbonyl (C=O) groups excluding carboxylic acids is 2. The van der Waals surface area contributed by atoms with Crippen LogP contribution in [0.25, 0.3) is 6.08 Å². The molecule has 0 N–H and O–H groups in total. The lowest BCUT2D eigenvalue weighted by molar-refractivity contribution is -0.127. The van der Waals surface area contributed by atoms with Gasteiger partial charge in [-0.3, -0.25) is 9.59 Å². The third-order valence-corrected chi connectivity index (χ3v) is 5.82. The van der Waals surface area contributed by atoms with Crippen molar-refractivity contribution in [3.63, 3.8) is 0 Å². The molecule has 3 rings (SSSR count). The minimum atomic E-state index is 0.00874. The van der Waals surface area contributed by atoms with Gasteiger partial charge in [-0.05, 0) is 48.7 Å². The Kier molecular flexibility index (Phi) is 6.11. The fourth-order valence-corrected chi connectivity index (χ4v) is 3.90. The smallest absolute Gasteiger partial charge is 0.253 e. The maximum atomic E-state index is 12.7. The molecule has 0 aliphatic carbocycles. The number of thiophene rings is 1. The number of carbonyl (C=O) groups is 2. The summed E-state index contributed by atoms with van der Waals surface area (Å²) in [5.41, 5.74) is 1.95. The molecule has 0 radical (unpaired) electrons. The van der Waals surface area contributed by atoms with Gasteiger partial charge in [0.05, 0.1) is 0 Å². The summed E-state index contributed by atoms with van der Waals surface area (Å²) >= 11 is 1.67. The predicted molar refractivity (Wildman–Crippen MR) is 111 cm³/mol. The van der Waals surface area contributed by atoms with E-state index in [0.29, 0.717) is 37.7 Å². The molecule has 2 aromatic rings. The molecule has 1 fully saturated rings. The van der Waals surface area contributed by atoms with E-state index in [1.807, 2.05) is 52.3 Å². The number of hydrogen-bond acceptors (Lipinski definition) is 3. The number of benzene rings is 1. The minimum Gasteiger partial charge on any atom is -0.336 e. The van der Waals surface area contributed by atoms with Crippen LogP contribution in [0.2, 0.25) is 0 Å². The van der Waals surface area contributed by atoms with Crippen molar-refractivity contribution >= 4 is 29.2 Å². The summed E-state index contributed by atoms with van der Waals surface area (Å²) in [6, 6.07) is 11.9. The molecule has 0 spiro atoms. The van der Waals surface area contributed by atoms with Crippen LogP contribution in [0, 0.1) is 6.92 Å². The SMILES string of the molecule is Cc1ccc(/C=C/C(=O)N2CCN(C(=O)c3ccc(C(C)C)cc3)CC2)s1. The normalized spacial score (nSPS) is 15.0. The number of piperazine rings is 1. The summed E-state index contributed by atoms with van der Waals surface area (Å²) in [5.74, 6) is 0.506. The van der Waals surface area contributed by atoms with E-state index < -0.39 is 0 Å². The second-order valence-electron chi connectivity index (χ2n) is 7.18. The van der Waals surface area contributed by atoms with Crippen molar-refractivity contribution in [3.05, 3.63) is 63.4 Å². The molecule has 0 unspecified atom stereocenters. The van der Waals surface area contributed by atoms with Gasteiger partial charge in [-0.25, -0.2) is 0 Å². The molecule has 142 valence electrons. The highest BCUT2D eigenvalue weighted by atomic mass is 32.1. The first kappa shape index (κ1) is 19.4. The molecule has 1 aliphatic heterocycles. The van der Waals surface area contributed by atoms with Gasteiger partial charge < -0.3 is 9.80 Å². The molecular formula is C22H26N2O2S. The number of amides is 2. The quantitative estimate of drug-likeness (QED) is 0.745. The van der Waals surface area contributed by atoms with Crippen LogP contribution in [0.3, 0.4) is 0 Å². The maximum absolute atomic E-state index is 12.7. The lowest BCUT2D eigenvalue weighted by Gasteiger charge is -2.34. The second-order valence-corrected chi connectivity index (χ2v) is 8.50. The summed E-state index contributed by atoms with van der Waals surface area (Å²) in [6.45, 7) is 8.62. The van der Waals surface area contributed by atoms with Gasteiger partial charge in [-0.2, -0.15) is 0 Å². The van der Waals surface area contributed by atoms with Gasteiger partial charge >= 0.3 is 0 Å². The van der Waals surface area contributed by atoms with Crippen LogP contribution in [-0.4, -0.2) is 47.8 Å². The summed E-state index contributed by atoms with van der Waals surface area (Å²) in [4.78, 5) is 31.0. The fourth-order valence-electron chi connectivity index (χ4n) is 3.12. The molecule has 0 atom stereocenters. The van der Waals surface area contributed by atoms with Crippen molar-refractivity contribution in [2.24, 2.45) is 0 Å². The van der Waals surface area contributed by atoms with Crippen molar-refractivity contribution in [3.8, 4) is 0 Å². The van der Waals surface area contributed by atoms with Gasteiger partial charge in [0.25, 0.3) is 5.91 Å². The van der Waals surface area contributed by atoms with Crippen LogP contribution in [0.15, 0.2) is 42.5 Å². The van der Waals surface area contributed by atoms with Crippen LogP contribution in [-0.2, 0) is 4.79 Å². The van der Waals surface area contributed by atoms with E-state index in [9.17, 15) is 9.59 Å². The monoisotopic (exact) mass is 382 g/mol. The molecule has 5 heteroatoms. The van der Waals surface area contributed by atoms with Gasteiger partial charge in [0, 0.05) is 47.6 Å². The highest BCUT2D eigenvalue weighted by Gasteiger charge is 2.23.